The molecule has 0 bridgehead atoms. The van der Waals surface area contributed by atoms with Crippen molar-refractivity contribution in [2.45, 2.75) is 5.92 Å². The van der Waals surface area contributed by atoms with Crippen LogP contribution < -0.4 is 0 Å². The Kier molecular flexibility index (Phi) is 4.22. The number of Topliss-reactive ketones (excluding diaryl/α,β-unsaturated/α-hetero) is 1. The van der Waals surface area contributed by atoms with Crippen molar-refractivity contribution >= 4 is 28.0 Å². The Morgan fingerprint density at radius 2 is 1.84 bits per heavy atom. The van der Waals surface area contributed by atoms with Crippen molar-refractivity contribution in [2.75, 3.05) is 0 Å². The maximum Gasteiger partial charge on any atom is 0.178 e. The van der Waals surface area contributed by atoms with Crippen molar-refractivity contribution in [3.8, 4) is 0 Å². The molecule has 0 aliphatic carbocycles. The first-order chi connectivity index (χ1) is 9.13. The van der Waals surface area contributed by atoms with Crippen molar-refractivity contribution in [1.82, 2.24) is 0 Å². The van der Waals surface area contributed by atoms with Gasteiger partial charge in [0.05, 0.1) is 0 Å². The molecule has 2 rings (SSSR count). The third kappa shape index (κ3) is 2.96. The molecule has 0 spiro atoms. The number of benzene rings is 2. The third-order valence-electron chi connectivity index (χ3n) is 2.77. The zero-order chi connectivity index (χ0) is 13.8. The van der Waals surface area contributed by atoms with Gasteiger partial charge in [0.2, 0.25) is 0 Å². The predicted octanol–water partition coefficient (Wildman–Crippen LogP) is 3.75. The molecule has 0 aliphatic rings. The molecule has 0 radical (unpaired) electrons. The van der Waals surface area contributed by atoms with Crippen LogP contribution in [0.3, 0.4) is 0 Å². The van der Waals surface area contributed by atoms with E-state index in [2.05, 4.69) is 15.9 Å². The van der Waals surface area contributed by atoms with Crippen LogP contribution in [0.4, 0.5) is 4.39 Å². The van der Waals surface area contributed by atoms with E-state index < -0.39 is 17.5 Å². The summed E-state index contributed by atoms with van der Waals surface area (Å²) in [5, 5.41) is 0. The van der Waals surface area contributed by atoms with Crippen LogP contribution in [0.15, 0.2) is 53.0 Å². The highest BCUT2D eigenvalue weighted by molar-refractivity contribution is 9.10. The van der Waals surface area contributed by atoms with E-state index in [9.17, 15) is 14.0 Å². The first-order valence-electron chi connectivity index (χ1n) is 5.63. The lowest BCUT2D eigenvalue weighted by Crippen LogP contribution is -2.15. The van der Waals surface area contributed by atoms with Gasteiger partial charge in [-0.1, -0.05) is 46.3 Å². The molecule has 1 unspecified atom stereocenters. The second-order valence-corrected chi connectivity index (χ2v) is 4.87. The molecule has 2 aromatic rings. The van der Waals surface area contributed by atoms with Crippen LogP contribution in [-0.4, -0.2) is 12.1 Å². The Bertz CT molecular complexity index is 611. The molecular formula is C15H10BrFO2. The van der Waals surface area contributed by atoms with Crippen molar-refractivity contribution in [2.24, 2.45) is 0 Å². The third-order valence-corrected chi connectivity index (χ3v) is 3.46. The SMILES string of the molecule is O=CC(C(=O)c1cc(F)ccc1Br)c1ccccc1. The smallest absolute Gasteiger partial charge is 0.178 e. The maximum atomic E-state index is 13.2. The molecule has 19 heavy (non-hydrogen) atoms. The van der Waals surface area contributed by atoms with Gasteiger partial charge in [0.15, 0.2) is 5.78 Å². The molecule has 0 fully saturated rings. The summed E-state index contributed by atoms with van der Waals surface area (Å²) in [4.78, 5) is 23.5. The lowest BCUT2D eigenvalue weighted by molar-refractivity contribution is -0.108. The number of rotatable bonds is 4. The molecule has 1 atom stereocenters. The van der Waals surface area contributed by atoms with Crippen LogP contribution in [0.5, 0.6) is 0 Å². The quantitative estimate of drug-likeness (QED) is 0.488. The van der Waals surface area contributed by atoms with E-state index in [1.807, 2.05) is 0 Å². The van der Waals surface area contributed by atoms with E-state index in [0.29, 0.717) is 16.3 Å². The molecule has 0 heterocycles. The molecule has 0 N–H and O–H groups in total. The second kappa shape index (κ2) is 5.89. The minimum atomic E-state index is -0.917. The Morgan fingerprint density at radius 1 is 1.16 bits per heavy atom. The first-order valence-corrected chi connectivity index (χ1v) is 6.42. The van der Waals surface area contributed by atoms with Gasteiger partial charge in [-0.15, -0.1) is 0 Å². The summed E-state index contributed by atoms with van der Waals surface area (Å²) in [6.07, 6.45) is 0.578. The van der Waals surface area contributed by atoms with Gasteiger partial charge in [0, 0.05) is 10.0 Å². The highest BCUT2D eigenvalue weighted by Gasteiger charge is 2.23. The number of halogens is 2. The van der Waals surface area contributed by atoms with E-state index in [4.69, 9.17) is 0 Å². The van der Waals surface area contributed by atoms with Crippen molar-refractivity contribution in [3.63, 3.8) is 0 Å². The highest BCUT2D eigenvalue weighted by atomic mass is 79.9. The largest absolute Gasteiger partial charge is 0.302 e. The summed E-state index contributed by atoms with van der Waals surface area (Å²) in [7, 11) is 0. The normalized spacial score (nSPS) is 11.9. The fraction of sp³-hybridized carbons (Fsp3) is 0.0667. The Morgan fingerprint density at radius 3 is 2.47 bits per heavy atom. The van der Waals surface area contributed by atoms with Gasteiger partial charge in [-0.3, -0.25) is 4.79 Å². The monoisotopic (exact) mass is 320 g/mol. The summed E-state index contributed by atoms with van der Waals surface area (Å²) in [6.45, 7) is 0. The molecule has 0 saturated heterocycles. The van der Waals surface area contributed by atoms with Gasteiger partial charge >= 0.3 is 0 Å². The highest BCUT2D eigenvalue weighted by Crippen LogP contribution is 2.25. The average molecular weight is 321 g/mol. The maximum absolute atomic E-state index is 13.2. The molecule has 0 aliphatic heterocycles. The lowest BCUT2D eigenvalue weighted by atomic mass is 9.92. The molecule has 2 aromatic carbocycles. The summed E-state index contributed by atoms with van der Waals surface area (Å²) < 4.78 is 13.7. The van der Waals surface area contributed by atoms with Crippen LogP contribution in [-0.2, 0) is 4.79 Å². The molecule has 0 amide bonds. The molecule has 4 heteroatoms. The number of hydrogen-bond donors (Lipinski definition) is 0. The van der Waals surface area contributed by atoms with Crippen LogP contribution in [0.25, 0.3) is 0 Å². The first kappa shape index (κ1) is 13.6. The zero-order valence-electron chi connectivity index (χ0n) is 9.85. The number of carbonyl (C=O) groups excluding carboxylic acids is 2. The van der Waals surface area contributed by atoms with Crippen LogP contribution >= 0.6 is 15.9 Å². The molecule has 2 nitrogen and oxygen atoms in total. The van der Waals surface area contributed by atoms with Crippen molar-refractivity contribution in [1.29, 1.82) is 0 Å². The minimum Gasteiger partial charge on any atom is -0.302 e. The minimum absolute atomic E-state index is 0.168. The average Bonchev–Trinajstić information content (AvgIpc) is 2.43. The van der Waals surface area contributed by atoms with E-state index in [-0.39, 0.29) is 5.56 Å². The molecule has 96 valence electrons. The van der Waals surface area contributed by atoms with E-state index in [0.717, 1.165) is 6.07 Å². The van der Waals surface area contributed by atoms with Crippen molar-refractivity contribution in [3.05, 3.63) is 69.9 Å². The number of carbonyl (C=O) groups is 2. The van der Waals surface area contributed by atoms with Gasteiger partial charge in [-0.25, -0.2) is 4.39 Å². The van der Waals surface area contributed by atoms with Gasteiger partial charge in [0.25, 0.3) is 0 Å². The Balaban J connectivity index is 2.42. The number of aldehydes is 1. The van der Waals surface area contributed by atoms with Crippen molar-refractivity contribution < 1.29 is 14.0 Å². The summed E-state index contributed by atoms with van der Waals surface area (Å²) in [6, 6.07) is 12.5. The fourth-order valence-electron chi connectivity index (χ4n) is 1.81. The van der Waals surface area contributed by atoms with Crippen LogP contribution in [0, 0.1) is 5.82 Å². The van der Waals surface area contributed by atoms with Gasteiger partial charge in [-0.2, -0.15) is 0 Å². The Labute approximate surface area is 118 Å². The standard InChI is InChI=1S/C15H10BrFO2/c16-14-7-6-11(17)8-12(14)15(19)13(9-18)10-4-2-1-3-5-10/h1-9,13H. The summed E-state index contributed by atoms with van der Waals surface area (Å²) in [5.41, 5.74) is 0.764. The molecule has 0 saturated carbocycles. The summed E-state index contributed by atoms with van der Waals surface area (Å²) >= 11 is 3.20. The van der Waals surface area contributed by atoms with Gasteiger partial charge < -0.3 is 4.79 Å². The molecule has 0 aromatic heterocycles. The second-order valence-electron chi connectivity index (χ2n) is 4.01. The van der Waals surface area contributed by atoms with E-state index in [1.165, 1.54) is 12.1 Å². The zero-order valence-corrected chi connectivity index (χ0v) is 11.4. The fourth-order valence-corrected chi connectivity index (χ4v) is 2.25. The van der Waals surface area contributed by atoms with Gasteiger partial charge in [0.1, 0.15) is 18.0 Å². The lowest BCUT2D eigenvalue weighted by Gasteiger charge is -2.11. The predicted molar refractivity (Wildman–Crippen MR) is 73.7 cm³/mol. The number of ketones is 1. The number of hydrogen-bond acceptors (Lipinski definition) is 2. The Hall–Kier alpha value is -1.81. The summed E-state index contributed by atoms with van der Waals surface area (Å²) in [5.74, 6) is -1.85. The van der Waals surface area contributed by atoms with Crippen LogP contribution in [0.1, 0.15) is 21.8 Å². The van der Waals surface area contributed by atoms with E-state index in [1.54, 1.807) is 30.3 Å². The van der Waals surface area contributed by atoms with E-state index >= 15 is 0 Å². The van der Waals surface area contributed by atoms with Crippen LogP contribution in [0.2, 0.25) is 0 Å². The van der Waals surface area contributed by atoms with Gasteiger partial charge in [-0.05, 0) is 23.8 Å². The molecular weight excluding hydrogens is 311 g/mol. The topological polar surface area (TPSA) is 34.1 Å².